The third kappa shape index (κ3) is 3.98. The van der Waals surface area contributed by atoms with E-state index in [0.717, 1.165) is 34.0 Å². The van der Waals surface area contributed by atoms with E-state index in [1.807, 2.05) is 31.2 Å². The number of carbonyl (C=O) groups excluding carboxylic acids is 1. The normalized spacial score (nSPS) is 16.5. The van der Waals surface area contributed by atoms with Crippen LogP contribution < -0.4 is 10.1 Å². The number of fused-ring (bicyclic) bond motifs is 1. The topological polar surface area (TPSA) is 50.7 Å². The van der Waals surface area contributed by atoms with Crippen LogP contribution in [-0.4, -0.2) is 24.8 Å². The van der Waals surface area contributed by atoms with Crippen LogP contribution in [0.3, 0.4) is 0 Å². The lowest BCUT2D eigenvalue weighted by molar-refractivity contribution is -0.116. The number of para-hydroxylation sites is 1. The van der Waals surface area contributed by atoms with Crippen LogP contribution >= 0.6 is 11.3 Å². The summed E-state index contributed by atoms with van der Waals surface area (Å²) in [5.41, 5.74) is 2.76. The Morgan fingerprint density at radius 2 is 2.00 bits per heavy atom. The summed E-state index contributed by atoms with van der Waals surface area (Å²) in [6, 6.07) is 9.61. The number of anilines is 1. The lowest BCUT2D eigenvalue weighted by atomic mass is 10.0. The Bertz CT molecular complexity index is 810. The number of thiophene rings is 1. The van der Waals surface area contributed by atoms with Crippen molar-refractivity contribution < 1.29 is 9.53 Å². The summed E-state index contributed by atoms with van der Waals surface area (Å²) in [7, 11) is 1.66. The average molecular weight is 371 g/mol. The molecule has 0 aliphatic carbocycles. The highest BCUT2D eigenvalue weighted by molar-refractivity contribution is 7.16. The number of amides is 1. The third-order valence-corrected chi connectivity index (χ3v) is 5.73. The zero-order valence-electron chi connectivity index (χ0n) is 15.7. The molecule has 1 aliphatic rings. The number of aryl methyl sites for hydroxylation is 1. The molecule has 1 aliphatic heterocycles. The van der Waals surface area contributed by atoms with Crippen LogP contribution in [0.2, 0.25) is 0 Å². The number of nitrogens with zero attached hydrogens (tertiary/aromatic N) is 1. The first kappa shape index (κ1) is 18.6. The Labute approximate surface area is 159 Å². The van der Waals surface area contributed by atoms with Gasteiger partial charge in [-0.25, -0.2) is 0 Å². The fraction of sp³-hybridized carbons (Fsp3) is 0.429. The van der Waals surface area contributed by atoms with Gasteiger partial charge in [0.15, 0.2) is 0 Å². The molecule has 1 aromatic carbocycles. The van der Waals surface area contributed by atoms with Crippen molar-refractivity contribution in [1.82, 2.24) is 0 Å². The summed E-state index contributed by atoms with van der Waals surface area (Å²) in [6.45, 7) is 4.05. The van der Waals surface area contributed by atoms with E-state index >= 15 is 0 Å². The van der Waals surface area contributed by atoms with E-state index in [2.05, 4.69) is 18.3 Å². The Hall–Kier alpha value is -2.14. The van der Waals surface area contributed by atoms with Crippen LogP contribution in [0.1, 0.15) is 55.5 Å². The first-order chi connectivity index (χ1) is 12.6. The highest BCUT2D eigenvalue weighted by Crippen LogP contribution is 2.35. The second-order valence-electron chi connectivity index (χ2n) is 6.61. The number of methoxy groups -OCH3 is 1. The van der Waals surface area contributed by atoms with Crippen molar-refractivity contribution >= 4 is 28.0 Å². The molecule has 1 amide bonds. The lowest BCUT2D eigenvalue weighted by Gasteiger charge is -2.11. The molecule has 1 unspecified atom stereocenters. The molecule has 0 saturated carbocycles. The lowest BCUT2D eigenvalue weighted by Crippen LogP contribution is -2.22. The minimum atomic E-state index is -0.428. The van der Waals surface area contributed by atoms with Crippen molar-refractivity contribution in [3.05, 3.63) is 46.3 Å². The number of aliphatic imine (C=N–C) groups is 1. The molecular formula is C21H26N2O2S. The van der Waals surface area contributed by atoms with Gasteiger partial charge in [-0.15, -0.1) is 11.3 Å². The second-order valence-corrected chi connectivity index (χ2v) is 7.75. The maximum atomic E-state index is 12.4. The van der Waals surface area contributed by atoms with E-state index in [1.54, 1.807) is 18.4 Å². The molecule has 3 rings (SSSR count). The van der Waals surface area contributed by atoms with Gasteiger partial charge in [0, 0.05) is 16.0 Å². The molecule has 2 heterocycles. The number of ether oxygens (including phenoxy) is 1. The van der Waals surface area contributed by atoms with Crippen LogP contribution in [0, 0.1) is 0 Å². The number of rotatable bonds is 7. The van der Waals surface area contributed by atoms with Crippen molar-refractivity contribution in [3.8, 4) is 5.75 Å². The maximum Gasteiger partial charge on any atom is 0.249 e. The highest BCUT2D eigenvalue weighted by Gasteiger charge is 2.26. The van der Waals surface area contributed by atoms with Crippen molar-refractivity contribution in [2.45, 2.75) is 52.0 Å². The van der Waals surface area contributed by atoms with Gasteiger partial charge in [-0.3, -0.25) is 9.79 Å². The number of benzene rings is 1. The summed E-state index contributed by atoms with van der Waals surface area (Å²) in [6.07, 6.45) is 5.98. The zero-order valence-corrected chi connectivity index (χ0v) is 16.5. The predicted octanol–water partition coefficient (Wildman–Crippen LogP) is 5.06. The van der Waals surface area contributed by atoms with Crippen molar-refractivity contribution in [2.24, 2.45) is 4.99 Å². The molecule has 0 bridgehead atoms. The molecule has 2 aromatic rings. The number of hydrogen-bond acceptors (Lipinski definition) is 4. The number of carbonyl (C=O) groups is 1. The van der Waals surface area contributed by atoms with E-state index in [1.165, 1.54) is 30.6 Å². The third-order valence-electron chi connectivity index (χ3n) is 4.62. The quantitative estimate of drug-likeness (QED) is 0.693. The fourth-order valence-corrected chi connectivity index (χ4v) is 4.26. The molecule has 1 aromatic heterocycles. The van der Waals surface area contributed by atoms with E-state index in [4.69, 9.17) is 9.73 Å². The summed E-state index contributed by atoms with van der Waals surface area (Å²) in [5.74, 6) is 0.713. The van der Waals surface area contributed by atoms with E-state index in [9.17, 15) is 4.79 Å². The van der Waals surface area contributed by atoms with Gasteiger partial charge < -0.3 is 10.1 Å². The molecule has 138 valence electrons. The fourth-order valence-electron chi connectivity index (χ4n) is 3.15. The molecule has 0 spiro atoms. The molecule has 4 nitrogen and oxygen atoms in total. The maximum absolute atomic E-state index is 12.4. The zero-order chi connectivity index (χ0) is 18.5. The summed E-state index contributed by atoms with van der Waals surface area (Å²) >= 11 is 1.67. The van der Waals surface area contributed by atoms with Gasteiger partial charge in [0.2, 0.25) is 5.91 Å². The summed E-state index contributed by atoms with van der Waals surface area (Å²) in [5, 5.41) is 3.95. The van der Waals surface area contributed by atoms with Crippen molar-refractivity contribution in [1.29, 1.82) is 0 Å². The minimum absolute atomic E-state index is 0.0597. The van der Waals surface area contributed by atoms with Crippen molar-refractivity contribution in [2.75, 3.05) is 12.4 Å². The van der Waals surface area contributed by atoms with Crippen LogP contribution in [0.5, 0.6) is 5.75 Å². The van der Waals surface area contributed by atoms with E-state index < -0.39 is 6.04 Å². The van der Waals surface area contributed by atoms with Gasteiger partial charge in [0.05, 0.1) is 12.8 Å². The van der Waals surface area contributed by atoms with Gasteiger partial charge in [-0.2, -0.15) is 0 Å². The number of unbranched alkanes of at least 4 members (excludes halogenated alkanes) is 3. The second kappa shape index (κ2) is 8.49. The standard InChI is InChI=1S/C21H26N2O2S/c1-4-5-6-7-10-15-13-17-19(16-11-8-9-12-18(16)25-3)22-14(2)20(24)23-21(17)26-15/h8-9,11-14H,4-7,10H2,1-3H3,(H,23,24). The summed E-state index contributed by atoms with van der Waals surface area (Å²) in [4.78, 5) is 18.4. The van der Waals surface area contributed by atoms with Gasteiger partial charge in [-0.1, -0.05) is 38.3 Å². The Morgan fingerprint density at radius 1 is 1.19 bits per heavy atom. The van der Waals surface area contributed by atoms with E-state index in [0.29, 0.717) is 0 Å². The highest BCUT2D eigenvalue weighted by atomic mass is 32.1. The smallest absolute Gasteiger partial charge is 0.249 e. The predicted molar refractivity (Wildman–Crippen MR) is 109 cm³/mol. The van der Waals surface area contributed by atoms with Gasteiger partial charge in [0.1, 0.15) is 16.8 Å². The minimum Gasteiger partial charge on any atom is -0.496 e. The van der Waals surface area contributed by atoms with Gasteiger partial charge >= 0.3 is 0 Å². The molecular weight excluding hydrogens is 344 g/mol. The first-order valence-corrected chi connectivity index (χ1v) is 10.1. The average Bonchev–Trinajstić information content (AvgIpc) is 3.00. The van der Waals surface area contributed by atoms with Crippen LogP contribution in [-0.2, 0) is 11.2 Å². The van der Waals surface area contributed by atoms with Gasteiger partial charge in [0.25, 0.3) is 0 Å². The largest absolute Gasteiger partial charge is 0.496 e. The number of hydrogen-bond donors (Lipinski definition) is 1. The Balaban J connectivity index is 1.98. The Morgan fingerprint density at radius 3 is 2.77 bits per heavy atom. The van der Waals surface area contributed by atoms with Crippen LogP contribution in [0.4, 0.5) is 5.00 Å². The SMILES string of the molecule is CCCCCCc1cc2c(s1)NC(=O)C(C)N=C2c1ccccc1OC. The molecule has 1 atom stereocenters. The molecule has 0 fully saturated rings. The molecule has 26 heavy (non-hydrogen) atoms. The monoisotopic (exact) mass is 370 g/mol. The van der Waals surface area contributed by atoms with E-state index in [-0.39, 0.29) is 5.91 Å². The molecule has 5 heteroatoms. The molecule has 0 saturated heterocycles. The summed E-state index contributed by atoms with van der Waals surface area (Å²) < 4.78 is 5.53. The molecule has 1 N–H and O–H groups in total. The van der Waals surface area contributed by atoms with Crippen LogP contribution in [0.15, 0.2) is 35.3 Å². The van der Waals surface area contributed by atoms with Crippen molar-refractivity contribution in [3.63, 3.8) is 0 Å². The van der Waals surface area contributed by atoms with Gasteiger partial charge in [-0.05, 0) is 38.0 Å². The Kier molecular flexibility index (Phi) is 6.09. The van der Waals surface area contributed by atoms with Crippen LogP contribution in [0.25, 0.3) is 0 Å². The number of nitrogens with one attached hydrogen (secondary N) is 1. The first-order valence-electron chi connectivity index (χ1n) is 9.29. The molecule has 0 radical (unpaired) electrons.